The van der Waals surface area contributed by atoms with Gasteiger partial charge in [0.25, 0.3) is 0 Å². The molecule has 0 aromatic heterocycles. The van der Waals surface area contributed by atoms with Crippen LogP contribution in [-0.4, -0.2) is 36.2 Å². The van der Waals surface area contributed by atoms with Crippen LogP contribution < -0.4 is 5.43 Å². The molecule has 2 unspecified atom stereocenters. The number of nitrogens with zero attached hydrogens (tertiary/aromatic N) is 1. The Labute approximate surface area is 170 Å². The number of rotatable bonds is 11. The molecule has 2 fully saturated rings. The number of hydrogen-bond donors (Lipinski definition) is 1. The smallest absolute Gasteiger partial charge is 0.136 e. The topological polar surface area (TPSA) is 32.3 Å². The quantitative estimate of drug-likeness (QED) is 0.492. The maximum atomic E-state index is 13.2. The highest BCUT2D eigenvalue weighted by Crippen LogP contribution is 2.44. The lowest BCUT2D eigenvalue weighted by Gasteiger charge is -2.31. The van der Waals surface area contributed by atoms with Crippen molar-refractivity contribution >= 4 is 17.5 Å². The molecule has 0 bridgehead atoms. The van der Waals surface area contributed by atoms with E-state index < -0.39 is 0 Å². The average molecular weight is 391 g/mol. The van der Waals surface area contributed by atoms with Crippen molar-refractivity contribution in [2.45, 2.75) is 70.0 Å². The average Bonchev–Trinajstić information content (AvgIpc) is 3.35. The first kappa shape index (κ1) is 21.1. The van der Waals surface area contributed by atoms with E-state index in [1.807, 2.05) is 13.1 Å². The predicted octanol–water partition coefficient (Wildman–Crippen LogP) is 5.20. The maximum Gasteiger partial charge on any atom is 0.136 e. The fourth-order valence-electron chi connectivity index (χ4n) is 4.74. The summed E-state index contributed by atoms with van der Waals surface area (Å²) in [6, 6.07) is 0. The summed E-state index contributed by atoms with van der Waals surface area (Å²) in [5, 5.41) is 3.20. The normalized spacial score (nSPS) is 28.6. The van der Waals surface area contributed by atoms with Crippen LogP contribution >= 0.6 is 11.8 Å². The van der Waals surface area contributed by atoms with E-state index in [0.29, 0.717) is 23.5 Å². The number of Topliss-reactive ketones (excluding diaryl/α,β-unsaturated/α-hetero) is 1. The zero-order valence-corrected chi connectivity index (χ0v) is 18.1. The Hall–Kier alpha value is -0.580. The minimum atomic E-state index is 0.253. The van der Waals surface area contributed by atoms with Crippen molar-refractivity contribution in [3.8, 4) is 0 Å². The molecule has 0 amide bonds. The van der Waals surface area contributed by atoms with Crippen molar-refractivity contribution in [3.63, 3.8) is 0 Å². The second-order valence-electron chi connectivity index (χ2n) is 8.99. The van der Waals surface area contributed by atoms with Gasteiger partial charge in [0, 0.05) is 30.7 Å². The molecule has 0 radical (unpaired) electrons. The van der Waals surface area contributed by atoms with Crippen LogP contribution in [0.4, 0.5) is 0 Å². The molecular weight excluding hydrogens is 352 g/mol. The number of allylic oxidation sites excluding steroid dienone is 3. The van der Waals surface area contributed by atoms with E-state index in [-0.39, 0.29) is 5.92 Å². The molecular formula is C23H38N2OS. The Morgan fingerprint density at radius 1 is 1.41 bits per heavy atom. The van der Waals surface area contributed by atoms with Crippen molar-refractivity contribution in [1.82, 2.24) is 10.4 Å². The summed E-state index contributed by atoms with van der Waals surface area (Å²) in [6.45, 7) is 8.25. The van der Waals surface area contributed by atoms with Gasteiger partial charge < -0.3 is 0 Å². The van der Waals surface area contributed by atoms with Crippen molar-refractivity contribution in [2.75, 3.05) is 20.1 Å². The van der Waals surface area contributed by atoms with E-state index in [4.69, 9.17) is 0 Å². The Kier molecular flexibility index (Phi) is 8.04. The van der Waals surface area contributed by atoms with E-state index in [9.17, 15) is 4.79 Å². The van der Waals surface area contributed by atoms with E-state index in [1.165, 1.54) is 32.1 Å². The molecule has 1 saturated heterocycles. The predicted molar refractivity (Wildman–Crippen MR) is 116 cm³/mol. The van der Waals surface area contributed by atoms with E-state index in [1.54, 1.807) is 4.91 Å². The van der Waals surface area contributed by atoms with E-state index >= 15 is 0 Å². The third-order valence-electron chi connectivity index (χ3n) is 6.54. The van der Waals surface area contributed by atoms with Gasteiger partial charge in [0.1, 0.15) is 5.78 Å². The summed E-state index contributed by atoms with van der Waals surface area (Å²) in [5.41, 5.74) is 3.28. The Balaban J connectivity index is 1.60. The van der Waals surface area contributed by atoms with Crippen LogP contribution in [0.2, 0.25) is 0 Å². The molecule has 4 atom stereocenters. The second-order valence-corrected chi connectivity index (χ2v) is 10.4. The monoisotopic (exact) mass is 390 g/mol. The number of nitrogens with one attached hydrogen (secondary N) is 1. The minimum absolute atomic E-state index is 0.253. The highest BCUT2D eigenvalue weighted by Gasteiger charge is 2.34. The molecule has 3 nitrogen and oxygen atoms in total. The number of ketones is 1. The summed E-state index contributed by atoms with van der Waals surface area (Å²) in [4.78, 5) is 14.8. The van der Waals surface area contributed by atoms with Crippen LogP contribution in [0.15, 0.2) is 23.6 Å². The SMILES string of the molecule is C=CCC(C)CC(=O)[C@H](C[C@H]1CCN(NC)C1)C1CC=C(SC2CC2)CC1. The summed E-state index contributed by atoms with van der Waals surface area (Å²) >= 11 is 2.11. The maximum absolute atomic E-state index is 13.2. The van der Waals surface area contributed by atoms with Crippen molar-refractivity contribution in [3.05, 3.63) is 23.6 Å². The molecule has 3 rings (SSSR count). The van der Waals surface area contributed by atoms with E-state index in [2.05, 4.69) is 41.8 Å². The molecule has 0 aromatic carbocycles. The Morgan fingerprint density at radius 3 is 2.81 bits per heavy atom. The highest BCUT2D eigenvalue weighted by molar-refractivity contribution is 8.03. The molecule has 0 spiro atoms. The molecule has 4 heteroatoms. The standard InChI is InChI=1S/C23H38N2OS/c1-4-5-17(2)14-23(26)22(15-18-12-13-25(16-18)24-3)19-6-8-20(9-7-19)27-21-10-11-21/h4,8,17-19,21-22,24H,1,5-7,9-16H2,2-3H3/t17?,18-,19?,22-/m1/s1. The lowest BCUT2D eigenvalue weighted by Crippen LogP contribution is -2.33. The molecule has 152 valence electrons. The first-order chi connectivity index (χ1) is 13.1. The second kappa shape index (κ2) is 10.3. The highest BCUT2D eigenvalue weighted by atomic mass is 32.2. The Bertz CT molecular complexity index is 542. The van der Waals surface area contributed by atoms with Crippen LogP contribution in [0.5, 0.6) is 0 Å². The van der Waals surface area contributed by atoms with Crippen molar-refractivity contribution in [1.29, 1.82) is 0 Å². The molecule has 1 N–H and O–H groups in total. The molecule has 1 saturated carbocycles. The first-order valence-electron chi connectivity index (χ1n) is 11.0. The van der Waals surface area contributed by atoms with Crippen LogP contribution in [0.3, 0.4) is 0 Å². The van der Waals surface area contributed by atoms with Gasteiger partial charge in [-0.15, -0.1) is 18.3 Å². The van der Waals surface area contributed by atoms with Gasteiger partial charge in [-0.1, -0.05) is 19.1 Å². The van der Waals surface area contributed by atoms with E-state index in [0.717, 1.165) is 44.0 Å². The largest absolute Gasteiger partial charge is 0.299 e. The molecule has 0 aromatic rings. The number of thioether (sulfide) groups is 1. The first-order valence-corrected chi connectivity index (χ1v) is 11.9. The fourth-order valence-corrected chi connectivity index (χ4v) is 5.97. The van der Waals surface area contributed by atoms with Gasteiger partial charge in [-0.05, 0) is 81.1 Å². The molecule has 1 heterocycles. The number of hydrazine groups is 1. The van der Waals surface area contributed by atoms with Gasteiger partial charge in [0.15, 0.2) is 0 Å². The van der Waals surface area contributed by atoms with Crippen LogP contribution in [0, 0.1) is 23.7 Å². The number of hydrogen-bond acceptors (Lipinski definition) is 4. The molecule has 27 heavy (non-hydrogen) atoms. The summed E-state index contributed by atoms with van der Waals surface area (Å²) in [6.07, 6.45) is 14.7. The van der Waals surface area contributed by atoms with Crippen LogP contribution in [-0.2, 0) is 4.79 Å². The number of carbonyl (C=O) groups excluding carboxylic acids is 1. The summed E-state index contributed by atoms with van der Waals surface area (Å²) < 4.78 is 0. The van der Waals surface area contributed by atoms with Crippen molar-refractivity contribution < 1.29 is 4.79 Å². The van der Waals surface area contributed by atoms with Crippen LogP contribution in [0.25, 0.3) is 0 Å². The van der Waals surface area contributed by atoms with Gasteiger partial charge >= 0.3 is 0 Å². The van der Waals surface area contributed by atoms with Gasteiger partial charge in [0.05, 0.1) is 0 Å². The molecule has 3 aliphatic rings. The third-order valence-corrected chi connectivity index (χ3v) is 8.02. The Morgan fingerprint density at radius 2 is 2.22 bits per heavy atom. The van der Waals surface area contributed by atoms with Gasteiger partial charge in [-0.25, -0.2) is 5.01 Å². The zero-order chi connectivity index (χ0) is 19.2. The molecule has 1 aliphatic heterocycles. The van der Waals surface area contributed by atoms with Gasteiger partial charge in [-0.2, -0.15) is 0 Å². The third kappa shape index (κ3) is 6.47. The lowest BCUT2D eigenvalue weighted by molar-refractivity contribution is -0.126. The zero-order valence-electron chi connectivity index (χ0n) is 17.3. The number of carbonyl (C=O) groups is 1. The van der Waals surface area contributed by atoms with Crippen molar-refractivity contribution in [2.24, 2.45) is 23.7 Å². The van der Waals surface area contributed by atoms with Gasteiger partial charge in [-0.3, -0.25) is 10.2 Å². The lowest BCUT2D eigenvalue weighted by atomic mass is 9.74. The fraction of sp³-hybridized carbons (Fsp3) is 0.783. The minimum Gasteiger partial charge on any atom is -0.299 e. The van der Waals surface area contributed by atoms with Gasteiger partial charge in [0.2, 0.25) is 0 Å². The summed E-state index contributed by atoms with van der Waals surface area (Å²) in [5.74, 6) is 2.41. The van der Waals surface area contributed by atoms with Crippen LogP contribution in [0.1, 0.15) is 64.7 Å². The molecule has 2 aliphatic carbocycles. The summed E-state index contributed by atoms with van der Waals surface area (Å²) in [7, 11) is 2.01.